The van der Waals surface area contributed by atoms with E-state index in [0.717, 1.165) is 32.1 Å². The second-order valence-electron chi connectivity index (χ2n) is 8.64. The van der Waals surface area contributed by atoms with Gasteiger partial charge in [-0.25, -0.2) is 14.4 Å². The Bertz CT molecular complexity index is 1490. The predicted molar refractivity (Wildman–Crippen MR) is 145 cm³/mol. The smallest absolute Gasteiger partial charge is 0.291 e. The van der Waals surface area contributed by atoms with Crippen molar-refractivity contribution < 1.29 is 23.1 Å². The predicted octanol–water partition coefficient (Wildman–Crippen LogP) is 7.84. The molecule has 1 N–H and O–H groups in total. The Kier molecular flexibility index (Phi) is 9.17. The summed E-state index contributed by atoms with van der Waals surface area (Å²) >= 11 is 5.92. The minimum atomic E-state index is -0.506. The third-order valence-electron chi connectivity index (χ3n) is 5.69. The van der Waals surface area contributed by atoms with Crippen LogP contribution in [0.2, 0.25) is 5.02 Å². The standard InChI is InChI=1S/C29H27ClFN3O4/c1-19(35)9-7-5-3-4-6-8-10-21-12-14-28(37-21)38-27-16-22-25(17-26(27)36-2)32-18-33-29(22)34-20-11-13-24(31)23(30)15-20/h11-18H,3-7,9H2,1-2H3,(H,32,33,34). The summed E-state index contributed by atoms with van der Waals surface area (Å²) in [6.07, 6.45) is 6.81. The molecule has 0 bridgehead atoms. The Morgan fingerprint density at radius 2 is 1.92 bits per heavy atom. The van der Waals surface area contributed by atoms with Crippen LogP contribution in [0.3, 0.4) is 0 Å². The summed E-state index contributed by atoms with van der Waals surface area (Å²) in [7, 11) is 1.54. The number of ketones is 1. The van der Waals surface area contributed by atoms with E-state index in [4.69, 9.17) is 25.5 Å². The van der Waals surface area contributed by atoms with Crippen molar-refractivity contribution in [1.29, 1.82) is 0 Å². The van der Waals surface area contributed by atoms with Gasteiger partial charge in [0.15, 0.2) is 17.3 Å². The van der Waals surface area contributed by atoms with Crippen LogP contribution >= 0.6 is 11.6 Å². The Morgan fingerprint density at radius 1 is 1.08 bits per heavy atom. The zero-order chi connectivity index (χ0) is 26.9. The van der Waals surface area contributed by atoms with E-state index in [1.807, 2.05) is 0 Å². The third kappa shape index (κ3) is 7.24. The van der Waals surface area contributed by atoms with Gasteiger partial charge in [-0.3, -0.25) is 0 Å². The number of nitrogens with one attached hydrogen (secondary N) is 1. The van der Waals surface area contributed by atoms with E-state index in [2.05, 4.69) is 27.1 Å². The molecule has 9 heteroatoms. The van der Waals surface area contributed by atoms with Gasteiger partial charge in [-0.1, -0.05) is 30.4 Å². The zero-order valence-corrected chi connectivity index (χ0v) is 21.9. The van der Waals surface area contributed by atoms with Crippen LogP contribution in [0.5, 0.6) is 17.4 Å². The van der Waals surface area contributed by atoms with E-state index in [9.17, 15) is 9.18 Å². The fourth-order valence-electron chi connectivity index (χ4n) is 3.75. The number of furan rings is 1. The second kappa shape index (κ2) is 12.9. The van der Waals surface area contributed by atoms with Crippen LogP contribution < -0.4 is 14.8 Å². The molecule has 0 aliphatic carbocycles. The first-order chi connectivity index (χ1) is 18.4. The van der Waals surface area contributed by atoms with E-state index in [1.165, 1.54) is 25.6 Å². The summed E-state index contributed by atoms with van der Waals surface area (Å²) < 4.78 is 30.8. The summed E-state index contributed by atoms with van der Waals surface area (Å²) in [4.78, 5) is 19.6. The molecule has 2 aromatic carbocycles. The van der Waals surface area contributed by atoms with E-state index in [1.54, 1.807) is 37.3 Å². The molecule has 0 saturated heterocycles. The molecule has 196 valence electrons. The molecule has 4 aromatic rings. The van der Waals surface area contributed by atoms with Crippen molar-refractivity contribution >= 4 is 39.8 Å². The Hall–Kier alpha value is -4.09. The fourth-order valence-corrected chi connectivity index (χ4v) is 3.94. The van der Waals surface area contributed by atoms with Crippen LogP contribution in [-0.4, -0.2) is 22.9 Å². The van der Waals surface area contributed by atoms with Crippen molar-refractivity contribution in [3.8, 4) is 29.3 Å². The Balaban J connectivity index is 1.45. The maximum Gasteiger partial charge on any atom is 0.291 e. The number of carbonyl (C=O) groups excluding carboxylic acids is 1. The lowest BCUT2D eigenvalue weighted by atomic mass is 10.1. The Labute approximate surface area is 225 Å². The van der Waals surface area contributed by atoms with E-state index in [0.29, 0.717) is 46.1 Å². The number of Topliss-reactive ketones (excluding diaryl/α,β-unsaturated/α-hetero) is 1. The van der Waals surface area contributed by atoms with Crippen LogP contribution in [0, 0.1) is 17.7 Å². The highest BCUT2D eigenvalue weighted by Crippen LogP contribution is 2.38. The van der Waals surface area contributed by atoms with Gasteiger partial charge in [0, 0.05) is 36.0 Å². The molecule has 7 nitrogen and oxygen atoms in total. The topological polar surface area (TPSA) is 86.5 Å². The lowest BCUT2D eigenvalue weighted by Gasteiger charge is -2.13. The van der Waals surface area contributed by atoms with Gasteiger partial charge in [0.1, 0.15) is 23.7 Å². The monoisotopic (exact) mass is 535 g/mol. The number of methoxy groups -OCH3 is 1. The summed E-state index contributed by atoms with van der Waals surface area (Å²) in [5.41, 5.74) is 1.19. The quantitative estimate of drug-likeness (QED) is 0.154. The highest BCUT2D eigenvalue weighted by molar-refractivity contribution is 6.31. The fraction of sp³-hybridized carbons (Fsp3) is 0.276. The van der Waals surface area contributed by atoms with Gasteiger partial charge < -0.3 is 24.0 Å². The normalized spacial score (nSPS) is 10.6. The van der Waals surface area contributed by atoms with Crippen LogP contribution in [0.15, 0.2) is 53.2 Å². The molecule has 0 unspecified atom stereocenters. The van der Waals surface area contributed by atoms with E-state index in [-0.39, 0.29) is 16.8 Å². The highest BCUT2D eigenvalue weighted by Gasteiger charge is 2.14. The minimum Gasteiger partial charge on any atom is -0.493 e. The lowest BCUT2D eigenvalue weighted by Crippen LogP contribution is -1.98. The number of fused-ring (bicyclic) bond motifs is 1. The number of halogens is 2. The molecule has 38 heavy (non-hydrogen) atoms. The molecule has 2 aromatic heterocycles. The summed E-state index contributed by atoms with van der Waals surface area (Å²) in [6.45, 7) is 1.62. The van der Waals surface area contributed by atoms with Gasteiger partial charge in [0.25, 0.3) is 5.95 Å². The summed E-state index contributed by atoms with van der Waals surface area (Å²) in [6, 6.07) is 11.2. The highest BCUT2D eigenvalue weighted by atomic mass is 35.5. The molecule has 2 heterocycles. The molecule has 0 saturated carbocycles. The first-order valence-corrected chi connectivity index (χ1v) is 12.6. The van der Waals surface area contributed by atoms with Crippen molar-refractivity contribution in [2.45, 2.75) is 45.4 Å². The first kappa shape index (κ1) is 27.0. The lowest BCUT2D eigenvalue weighted by molar-refractivity contribution is -0.117. The molecule has 0 amide bonds. The molecule has 0 aliphatic heterocycles. The molecule has 0 fully saturated rings. The van der Waals surface area contributed by atoms with E-state index >= 15 is 0 Å². The summed E-state index contributed by atoms with van der Waals surface area (Å²) in [5.74, 6) is 7.95. The van der Waals surface area contributed by atoms with E-state index < -0.39 is 5.82 Å². The van der Waals surface area contributed by atoms with Crippen molar-refractivity contribution in [3.63, 3.8) is 0 Å². The molecular formula is C29H27ClFN3O4. The maximum atomic E-state index is 13.6. The van der Waals surface area contributed by atoms with Crippen molar-refractivity contribution in [2.24, 2.45) is 0 Å². The minimum absolute atomic E-state index is 0.000408. The van der Waals surface area contributed by atoms with Gasteiger partial charge in [-0.15, -0.1) is 0 Å². The maximum absolute atomic E-state index is 13.6. The summed E-state index contributed by atoms with van der Waals surface area (Å²) in [5, 5.41) is 3.79. The molecule has 0 radical (unpaired) electrons. The zero-order valence-electron chi connectivity index (χ0n) is 21.1. The average Bonchev–Trinajstić information content (AvgIpc) is 3.34. The van der Waals surface area contributed by atoms with Crippen molar-refractivity contribution in [3.05, 3.63) is 65.4 Å². The van der Waals surface area contributed by atoms with Gasteiger partial charge in [-0.05, 0) is 56.0 Å². The van der Waals surface area contributed by atoms with Crippen molar-refractivity contribution in [2.75, 3.05) is 12.4 Å². The molecule has 0 atom stereocenters. The largest absolute Gasteiger partial charge is 0.493 e. The average molecular weight is 536 g/mol. The van der Waals surface area contributed by atoms with Crippen molar-refractivity contribution in [1.82, 2.24) is 9.97 Å². The van der Waals surface area contributed by atoms with Gasteiger partial charge in [0.2, 0.25) is 0 Å². The number of ether oxygens (including phenoxy) is 2. The van der Waals surface area contributed by atoms with Gasteiger partial charge in [0.05, 0.1) is 17.6 Å². The number of aromatic nitrogens is 2. The van der Waals surface area contributed by atoms with Crippen LogP contribution in [0.25, 0.3) is 10.9 Å². The molecule has 0 spiro atoms. The number of anilines is 2. The first-order valence-electron chi connectivity index (χ1n) is 12.2. The molecule has 4 rings (SSSR count). The SMILES string of the molecule is COc1cc2ncnc(Nc3ccc(F)c(Cl)c3)c2cc1Oc1ccc(C#CCCCCCCC(C)=O)o1. The van der Waals surface area contributed by atoms with Crippen LogP contribution in [-0.2, 0) is 4.79 Å². The van der Waals surface area contributed by atoms with Crippen LogP contribution in [0.4, 0.5) is 15.9 Å². The molecule has 0 aliphatic rings. The number of hydrogen-bond donors (Lipinski definition) is 1. The second-order valence-corrected chi connectivity index (χ2v) is 9.04. The number of unbranched alkanes of at least 4 members (excludes halogenated alkanes) is 4. The van der Waals surface area contributed by atoms with Gasteiger partial charge >= 0.3 is 0 Å². The molecular weight excluding hydrogens is 509 g/mol. The number of rotatable bonds is 11. The van der Waals surface area contributed by atoms with Gasteiger partial charge in [-0.2, -0.15) is 0 Å². The number of hydrogen-bond acceptors (Lipinski definition) is 7. The Morgan fingerprint density at radius 3 is 2.71 bits per heavy atom. The third-order valence-corrected chi connectivity index (χ3v) is 5.98. The number of benzene rings is 2. The number of carbonyl (C=O) groups is 1. The van der Waals surface area contributed by atoms with Crippen LogP contribution in [0.1, 0.15) is 51.2 Å². The number of nitrogens with zero attached hydrogens (tertiary/aromatic N) is 2.